The van der Waals surface area contributed by atoms with Gasteiger partial charge in [-0.05, 0) is 60.2 Å². The summed E-state index contributed by atoms with van der Waals surface area (Å²) in [4.78, 5) is 19.4. The first kappa shape index (κ1) is 24.2. The van der Waals surface area contributed by atoms with Gasteiger partial charge in [-0.3, -0.25) is 4.79 Å². The molecule has 0 bridgehead atoms. The van der Waals surface area contributed by atoms with Gasteiger partial charge >= 0.3 is 0 Å². The smallest absolute Gasteiger partial charge is 0.267 e. The molecule has 0 aliphatic rings. The molecule has 0 fully saturated rings. The lowest BCUT2D eigenvalue weighted by Gasteiger charge is -2.15. The van der Waals surface area contributed by atoms with Crippen LogP contribution in [-0.2, 0) is 21.4 Å². The van der Waals surface area contributed by atoms with Gasteiger partial charge in [0.15, 0.2) is 0 Å². The fraction of sp³-hybridized carbons (Fsp3) is 0.208. The monoisotopic (exact) mass is 495 g/mol. The van der Waals surface area contributed by atoms with E-state index < -0.39 is 22.0 Å². The molecule has 3 aromatic carbocycles. The van der Waals surface area contributed by atoms with E-state index in [0.29, 0.717) is 29.1 Å². The Morgan fingerprint density at radius 1 is 1.06 bits per heavy atom. The Kier molecular flexibility index (Phi) is 6.99. The summed E-state index contributed by atoms with van der Waals surface area (Å²) in [6, 6.07) is 21.2. The molecule has 0 saturated heterocycles. The topological polar surface area (TPSA) is 116 Å². The standard InChI is InChI=1S/C24H25N5O5S/c1-17(34-29-23-15-21(35(31,32)28(2)3)13-14-22(23)26-27-29)24(30)25-19-9-11-20(12-10-19)33-16-18-7-5-4-6-8-18/h4-15,17H,16H2,1-3H3,(H,25,30). The lowest BCUT2D eigenvalue weighted by Crippen LogP contribution is -2.35. The van der Waals surface area contributed by atoms with Crippen molar-refractivity contribution in [1.29, 1.82) is 0 Å². The lowest BCUT2D eigenvalue weighted by atomic mass is 10.2. The molecule has 1 unspecified atom stereocenters. The molecular formula is C24H25N5O5S. The number of carbonyl (C=O) groups excluding carboxylic acids is 1. The molecule has 4 aromatic rings. The van der Waals surface area contributed by atoms with Gasteiger partial charge in [0.25, 0.3) is 5.91 Å². The van der Waals surface area contributed by atoms with E-state index in [1.54, 1.807) is 31.2 Å². The fourth-order valence-corrected chi connectivity index (χ4v) is 4.07. The Labute approximate surface area is 203 Å². The number of fused-ring (bicyclic) bond motifs is 1. The normalized spacial score (nSPS) is 12.5. The Hall–Kier alpha value is -3.96. The van der Waals surface area contributed by atoms with Crippen LogP contribution in [0.3, 0.4) is 0 Å². The quantitative estimate of drug-likeness (QED) is 0.380. The van der Waals surface area contributed by atoms with Gasteiger partial charge in [-0.25, -0.2) is 12.7 Å². The molecule has 4 rings (SSSR count). The summed E-state index contributed by atoms with van der Waals surface area (Å²) >= 11 is 0. The zero-order chi connectivity index (χ0) is 25.0. The van der Waals surface area contributed by atoms with Gasteiger partial charge in [0.05, 0.1) is 4.90 Å². The minimum atomic E-state index is -3.65. The number of rotatable bonds is 9. The van der Waals surface area contributed by atoms with E-state index in [4.69, 9.17) is 9.57 Å². The maximum absolute atomic E-state index is 12.7. The average molecular weight is 496 g/mol. The summed E-state index contributed by atoms with van der Waals surface area (Å²) in [5.74, 6) is 0.261. The van der Waals surface area contributed by atoms with Crippen LogP contribution in [0.15, 0.2) is 77.7 Å². The second-order valence-corrected chi connectivity index (χ2v) is 10.1. The van der Waals surface area contributed by atoms with Crippen molar-refractivity contribution in [3.63, 3.8) is 0 Å². The number of nitrogens with zero attached hydrogens (tertiary/aromatic N) is 4. The minimum Gasteiger partial charge on any atom is -0.489 e. The molecule has 1 atom stereocenters. The number of amides is 1. The SMILES string of the molecule is CC(On1nnc2ccc(S(=O)(=O)N(C)C)cc21)C(=O)Nc1ccc(OCc2ccccc2)cc1. The van der Waals surface area contributed by atoms with E-state index in [1.807, 2.05) is 30.3 Å². The Morgan fingerprint density at radius 2 is 1.77 bits per heavy atom. The van der Waals surface area contributed by atoms with Gasteiger partial charge in [0, 0.05) is 19.8 Å². The summed E-state index contributed by atoms with van der Waals surface area (Å²) in [6.45, 7) is 2.00. The number of ether oxygens (including phenoxy) is 1. The highest BCUT2D eigenvalue weighted by Gasteiger charge is 2.21. The minimum absolute atomic E-state index is 0.0637. The highest BCUT2D eigenvalue weighted by molar-refractivity contribution is 7.89. The van der Waals surface area contributed by atoms with Crippen molar-refractivity contribution in [2.24, 2.45) is 0 Å². The van der Waals surface area contributed by atoms with Crippen LogP contribution in [0.4, 0.5) is 5.69 Å². The van der Waals surface area contributed by atoms with E-state index in [9.17, 15) is 13.2 Å². The zero-order valence-corrected chi connectivity index (χ0v) is 20.3. The van der Waals surface area contributed by atoms with Crippen molar-refractivity contribution < 1.29 is 22.8 Å². The number of nitrogens with one attached hydrogen (secondary N) is 1. The Morgan fingerprint density at radius 3 is 2.46 bits per heavy atom. The van der Waals surface area contributed by atoms with Crippen molar-refractivity contribution in [3.8, 4) is 5.75 Å². The van der Waals surface area contributed by atoms with Crippen LogP contribution in [0, 0.1) is 0 Å². The first-order valence-corrected chi connectivity index (χ1v) is 12.2. The summed E-state index contributed by atoms with van der Waals surface area (Å²) in [6.07, 6.45) is -0.942. The van der Waals surface area contributed by atoms with E-state index >= 15 is 0 Å². The van der Waals surface area contributed by atoms with Gasteiger partial charge in [-0.1, -0.05) is 35.2 Å². The fourth-order valence-electron chi connectivity index (χ4n) is 3.14. The molecule has 1 aromatic heterocycles. The summed E-state index contributed by atoms with van der Waals surface area (Å²) < 4.78 is 31.7. The summed E-state index contributed by atoms with van der Waals surface area (Å²) in [7, 11) is -0.764. The van der Waals surface area contributed by atoms with Crippen LogP contribution >= 0.6 is 0 Å². The molecule has 1 N–H and O–H groups in total. The van der Waals surface area contributed by atoms with Crippen LogP contribution < -0.4 is 14.9 Å². The molecular weight excluding hydrogens is 470 g/mol. The molecule has 0 spiro atoms. The molecule has 35 heavy (non-hydrogen) atoms. The maximum atomic E-state index is 12.7. The average Bonchev–Trinajstić information content (AvgIpc) is 3.26. The number of hydrogen-bond acceptors (Lipinski definition) is 7. The number of sulfonamides is 1. The number of anilines is 1. The third-order valence-electron chi connectivity index (χ3n) is 5.16. The van der Waals surface area contributed by atoms with E-state index in [2.05, 4.69) is 15.6 Å². The summed E-state index contributed by atoms with van der Waals surface area (Å²) in [5, 5.41) is 10.6. The van der Waals surface area contributed by atoms with E-state index in [1.165, 1.54) is 32.3 Å². The third kappa shape index (κ3) is 5.58. The van der Waals surface area contributed by atoms with E-state index in [0.717, 1.165) is 14.7 Å². The Balaban J connectivity index is 1.39. The van der Waals surface area contributed by atoms with Gasteiger partial charge in [-0.2, -0.15) is 0 Å². The number of hydrogen-bond donors (Lipinski definition) is 1. The number of carbonyl (C=O) groups is 1. The molecule has 11 heteroatoms. The van der Waals surface area contributed by atoms with Crippen molar-refractivity contribution in [3.05, 3.63) is 78.4 Å². The van der Waals surface area contributed by atoms with Crippen LogP contribution in [0.1, 0.15) is 12.5 Å². The molecule has 10 nitrogen and oxygen atoms in total. The maximum Gasteiger partial charge on any atom is 0.267 e. The van der Waals surface area contributed by atoms with Gasteiger partial charge in [-0.15, -0.1) is 5.10 Å². The highest BCUT2D eigenvalue weighted by atomic mass is 32.2. The molecule has 0 saturated carbocycles. The molecule has 1 amide bonds. The number of benzene rings is 3. The van der Waals surface area contributed by atoms with Crippen LogP contribution in [-0.4, -0.2) is 54.0 Å². The number of aromatic nitrogens is 3. The van der Waals surface area contributed by atoms with E-state index in [-0.39, 0.29) is 4.90 Å². The van der Waals surface area contributed by atoms with Crippen LogP contribution in [0.25, 0.3) is 11.0 Å². The second kappa shape index (κ2) is 10.1. The van der Waals surface area contributed by atoms with Crippen LogP contribution in [0.5, 0.6) is 5.75 Å². The zero-order valence-electron chi connectivity index (χ0n) is 19.5. The summed E-state index contributed by atoms with van der Waals surface area (Å²) in [5.41, 5.74) is 2.39. The first-order valence-electron chi connectivity index (χ1n) is 10.8. The molecule has 0 aliphatic heterocycles. The molecule has 0 radical (unpaired) electrons. The van der Waals surface area contributed by atoms with Gasteiger partial charge in [0.1, 0.15) is 23.4 Å². The predicted molar refractivity (Wildman–Crippen MR) is 130 cm³/mol. The van der Waals surface area contributed by atoms with Crippen molar-refractivity contribution >= 4 is 32.7 Å². The lowest BCUT2D eigenvalue weighted by molar-refractivity contribution is -0.127. The Bertz CT molecular complexity index is 1420. The predicted octanol–water partition coefficient (Wildman–Crippen LogP) is 2.72. The first-order chi connectivity index (χ1) is 16.7. The van der Waals surface area contributed by atoms with Crippen molar-refractivity contribution in [2.45, 2.75) is 24.5 Å². The van der Waals surface area contributed by atoms with Gasteiger partial charge in [0.2, 0.25) is 16.1 Å². The van der Waals surface area contributed by atoms with Crippen LogP contribution in [0.2, 0.25) is 0 Å². The molecule has 1 heterocycles. The van der Waals surface area contributed by atoms with Crippen molar-refractivity contribution in [1.82, 2.24) is 19.5 Å². The molecule has 0 aliphatic carbocycles. The second-order valence-electron chi connectivity index (χ2n) is 7.94. The van der Waals surface area contributed by atoms with Gasteiger partial charge < -0.3 is 14.9 Å². The third-order valence-corrected chi connectivity index (χ3v) is 6.97. The highest BCUT2D eigenvalue weighted by Crippen LogP contribution is 2.20. The largest absolute Gasteiger partial charge is 0.489 e. The molecule has 182 valence electrons. The van der Waals surface area contributed by atoms with Crippen molar-refractivity contribution in [2.75, 3.05) is 19.4 Å².